The van der Waals surface area contributed by atoms with Crippen molar-refractivity contribution in [2.45, 2.75) is 19.9 Å². The topological polar surface area (TPSA) is 31.2 Å². The maximum Gasteiger partial charge on any atom is 0.307 e. The predicted molar refractivity (Wildman–Crippen MR) is 44.5 cm³/mol. The summed E-state index contributed by atoms with van der Waals surface area (Å²) in [5, 5.41) is 0. The van der Waals surface area contributed by atoms with Gasteiger partial charge in [0.2, 0.25) is 0 Å². The zero-order valence-electron chi connectivity index (χ0n) is 7.12. The van der Waals surface area contributed by atoms with Gasteiger partial charge in [0.25, 0.3) is 0 Å². The van der Waals surface area contributed by atoms with Crippen molar-refractivity contribution in [2.75, 3.05) is 6.61 Å². The number of aromatic nitrogens is 1. The molecule has 0 aliphatic rings. The quantitative estimate of drug-likeness (QED) is 0.630. The largest absolute Gasteiger partial charge is 0.466 e. The minimum atomic E-state index is -0.153. The van der Waals surface area contributed by atoms with E-state index in [0.717, 1.165) is 0 Å². The predicted octanol–water partition coefficient (Wildman–Crippen LogP) is 1.24. The van der Waals surface area contributed by atoms with Crippen LogP contribution >= 0.6 is 0 Å². The Morgan fingerprint density at radius 1 is 1.67 bits per heavy atom. The van der Waals surface area contributed by atoms with Crippen molar-refractivity contribution >= 4 is 5.97 Å². The summed E-state index contributed by atoms with van der Waals surface area (Å²) in [4.78, 5) is 10.9. The summed E-state index contributed by atoms with van der Waals surface area (Å²) in [6, 6.07) is 3.69. The van der Waals surface area contributed by atoms with E-state index in [-0.39, 0.29) is 5.97 Å². The van der Waals surface area contributed by atoms with Gasteiger partial charge >= 0.3 is 5.97 Å². The van der Waals surface area contributed by atoms with Crippen LogP contribution in [0.5, 0.6) is 0 Å². The van der Waals surface area contributed by atoms with Crippen molar-refractivity contribution in [3.8, 4) is 0 Å². The van der Waals surface area contributed by atoms with Gasteiger partial charge in [-0.25, -0.2) is 0 Å². The first-order valence-electron chi connectivity index (χ1n) is 4.01. The Hall–Kier alpha value is -1.25. The molecule has 3 heteroatoms. The van der Waals surface area contributed by atoms with E-state index in [1.807, 2.05) is 22.9 Å². The average molecular weight is 166 g/mol. The van der Waals surface area contributed by atoms with Crippen molar-refractivity contribution < 1.29 is 9.53 Å². The molecule has 1 aromatic rings. The lowest BCUT2D eigenvalue weighted by Gasteiger charge is -2.01. The van der Waals surface area contributed by atoms with E-state index >= 15 is 0 Å². The van der Waals surface area contributed by atoms with E-state index < -0.39 is 0 Å². The molecule has 0 N–H and O–H groups in total. The highest BCUT2D eigenvalue weighted by Crippen LogP contribution is 1.94. The van der Waals surface area contributed by atoms with Gasteiger partial charge in [0.1, 0.15) is 0 Å². The van der Waals surface area contributed by atoms with Crippen LogP contribution in [0, 0.1) is 6.20 Å². The van der Waals surface area contributed by atoms with E-state index in [9.17, 15) is 4.79 Å². The van der Waals surface area contributed by atoms with Crippen LogP contribution in [-0.4, -0.2) is 17.1 Å². The standard InChI is InChI=1S/C9H12NO2/c1-2-12-9(11)5-8-10-6-3-4-7-10/h3-4,6H,2,5,8H2,1H3. The lowest BCUT2D eigenvalue weighted by molar-refractivity contribution is -0.143. The van der Waals surface area contributed by atoms with Gasteiger partial charge in [0.15, 0.2) is 0 Å². The molecule has 0 spiro atoms. The Balaban J connectivity index is 2.22. The number of nitrogens with zero attached hydrogens (tertiary/aromatic N) is 1. The van der Waals surface area contributed by atoms with E-state index in [4.69, 9.17) is 4.74 Å². The van der Waals surface area contributed by atoms with Crippen LogP contribution in [0.25, 0.3) is 0 Å². The summed E-state index contributed by atoms with van der Waals surface area (Å²) in [5.74, 6) is -0.153. The SMILES string of the molecule is CCOC(=O)CCn1[c]ccc1. The molecule has 0 atom stereocenters. The van der Waals surface area contributed by atoms with Crippen molar-refractivity contribution in [1.29, 1.82) is 0 Å². The Bertz CT molecular complexity index is 229. The molecule has 65 valence electrons. The first-order valence-corrected chi connectivity index (χ1v) is 4.01. The number of ether oxygens (including phenoxy) is 1. The number of hydrogen-bond donors (Lipinski definition) is 0. The molecule has 1 rings (SSSR count). The number of hydrogen-bond acceptors (Lipinski definition) is 2. The molecule has 0 unspecified atom stereocenters. The van der Waals surface area contributed by atoms with Gasteiger partial charge in [-0.15, -0.1) is 0 Å². The first-order chi connectivity index (χ1) is 5.83. The molecule has 0 aliphatic heterocycles. The summed E-state index contributed by atoms with van der Waals surface area (Å²) >= 11 is 0. The summed E-state index contributed by atoms with van der Waals surface area (Å²) in [7, 11) is 0. The zero-order valence-corrected chi connectivity index (χ0v) is 7.12. The van der Waals surface area contributed by atoms with Crippen LogP contribution in [0.15, 0.2) is 18.3 Å². The van der Waals surface area contributed by atoms with Crippen LogP contribution in [0.4, 0.5) is 0 Å². The highest BCUT2D eigenvalue weighted by molar-refractivity contribution is 5.69. The molecule has 0 aliphatic carbocycles. The van der Waals surface area contributed by atoms with Crippen LogP contribution in [0.1, 0.15) is 13.3 Å². The Kier molecular flexibility index (Phi) is 3.38. The highest BCUT2D eigenvalue weighted by atomic mass is 16.5. The third-order valence-electron chi connectivity index (χ3n) is 1.46. The van der Waals surface area contributed by atoms with Crippen LogP contribution in [0.2, 0.25) is 0 Å². The normalized spacial score (nSPS) is 9.75. The molecule has 0 amide bonds. The molecule has 0 saturated carbocycles. The summed E-state index contributed by atoms with van der Waals surface area (Å²) in [6.45, 7) is 2.90. The van der Waals surface area contributed by atoms with E-state index in [1.54, 1.807) is 6.92 Å². The number of esters is 1. The van der Waals surface area contributed by atoms with Crippen LogP contribution in [-0.2, 0) is 16.1 Å². The molecule has 0 bridgehead atoms. The van der Waals surface area contributed by atoms with Gasteiger partial charge in [-0.1, -0.05) is 0 Å². The fraction of sp³-hybridized carbons (Fsp3) is 0.444. The first kappa shape index (κ1) is 8.84. The minimum absolute atomic E-state index is 0.153. The summed E-state index contributed by atoms with van der Waals surface area (Å²) < 4.78 is 6.60. The number of aryl methyl sites for hydroxylation is 1. The third kappa shape index (κ3) is 2.78. The Morgan fingerprint density at radius 2 is 2.50 bits per heavy atom. The smallest absolute Gasteiger partial charge is 0.307 e. The maximum atomic E-state index is 10.9. The average Bonchev–Trinajstić information content (AvgIpc) is 2.53. The molecule has 1 radical (unpaired) electrons. The second-order valence-corrected chi connectivity index (χ2v) is 2.39. The molecule has 12 heavy (non-hydrogen) atoms. The number of carbonyl (C=O) groups excluding carboxylic acids is 1. The van der Waals surface area contributed by atoms with E-state index in [0.29, 0.717) is 19.6 Å². The van der Waals surface area contributed by atoms with Gasteiger partial charge < -0.3 is 9.30 Å². The zero-order chi connectivity index (χ0) is 8.81. The van der Waals surface area contributed by atoms with Crippen molar-refractivity contribution in [1.82, 2.24) is 4.57 Å². The van der Waals surface area contributed by atoms with Gasteiger partial charge in [-0.3, -0.25) is 4.79 Å². The maximum absolute atomic E-state index is 10.9. The third-order valence-corrected chi connectivity index (χ3v) is 1.46. The second-order valence-electron chi connectivity index (χ2n) is 2.39. The lowest BCUT2D eigenvalue weighted by Crippen LogP contribution is -2.07. The fourth-order valence-electron chi connectivity index (χ4n) is 0.913. The molecular formula is C9H12NO2. The molecule has 0 fully saturated rings. The summed E-state index contributed by atoms with van der Waals surface area (Å²) in [5.41, 5.74) is 0. The molecule has 1 heterocycles. The molecular weight excluding hydrogens is 154 g/mol. The van der Waals surface area contributed by atoms with Gasteiger partial charge in [-0.2, -0.15) is 0 Å². The van der Waals surface area contributed by atoms with Crippen LogP contribution < -0.4 is 0 Å². The minimum Gasteiger partial charge on any atom is -0.466 e. The van der Waals surface area contributed by atoms with Crippen LogP contribution in [0.3, 0.4) is 0 Å². The number of carbonyl (C=O) groups is 1. The number of rotatable bonds is 4. The van der Waals surface area contributed by atoms with Crippen molar-refractivity contribution in [3.63, 3.8) is 0 Å². The van der Waals surface area contributed by atoms with Gasteiger partial charge in [-0.05, 0) is 19.1 Å². The van der Waals surface area contributed by atoms with E-state index in [1.165, 1.54) is 0 Å². The van der Waals surface area contributed by atoms with Gasteiger partial charge in [0.05, 0.1) is 19.2 Å². The van der Waals surface area contributed by atoms with E-state index in [2.05, 4.69) is 6.20 Å². The fourth-order valence-corrected chi connectivity index (χ4v) is 0.913. The molecule has 1 aromatic heterocycles. The molecule has 0 saturated heterocycles. The summed E-state index contributed by atoms with van der Waals surface area (Å²) in [6.07, 6.45) is 5.23. The second kappa shape index (κ2) is 4.59. The highest BCUT2D eigenvalue weighted by Gasteiger charge is 2.00. The monoisotopic (exact) mass is 166 g/mol. The molecule has 3 nitrogen and oxygen atoms in total. The van der Waals surface area contributed by atoms with Crippen molar-refractivity contribution in [2.24, 2.45) is 0 Å². The lowest BCUT2D eigenvalue weighted by atomic mass is 10.4. The van der Waals surface area contributed by atoms with Crippen molar-refractivity contribution in [3.05, 3.63) is 24.5 Å². The Morgan fingerprint density at radius 3 is 3.08 bits per heavy atom. The van der Waals surface area contributed by atoms with Gasteiger partial charge in [0, 0.05) is 12.7 Å². The molecule has 0 aromatic carbocycles. The Labute approximate surface area is 72.0 Å².